The predicted molar refractivity (Wildman–Crippen MR) is 81.2 cm³/mol. The Morgan fingerprint density at radius 3 is 2.43 bits per heavy atom. The Balaban J connectivity index is 3.03. The molecule has 0 fully saturated rings. The molecule has 1 unspecified atom stereocenters. The largest absolute Gasteiger partial charge is 0.465 e. The van der Waals surface area contributed by atoms with Crippen molar-refractivity contribution < 1.29 is 19.4 Å². The molecule has 0 heterocycles. The molecule has 5 heteroatoms. The first-order chi connectivity index (χ1) is 9.90. The summed E-state index contributed by atoms with van der Waals surface area (Å²) in [5.41, 5.74) is 2.46. The quantitative estimate of drug-likeness (QED) is 0.610. The maximum atomic E-state index is 11.9. The SMILES string of the molecule is CCOC(=O)C(Cc1ccc(N(C)C)cc1CO)C(C)=O. The lowest BCUT2D eigenvalue weighted by molar-refractivity contribution is -0.151. The minimum atomic E-state index is -0.819. The number of hydrogen-bond acceptors (Lipinski definition) is 5. The maximum absolute atomic E-state index is 11.9. The first-order valence-corrected chi connectivity index (χ1v) is 6.97. The number of aliphatic hydroxyl groups excluding tert-OH is 1. The second-order valence-electron chi connectivity index (χ2n) is 5.12. The number of rotatable bonds is 7. The lowest BCUT2D eigenvalue weighted by atomic mass is 9.92. The van der Waals surface area contributed by atoms with E-state index in [1.807, 2.05) is 37.2 Å². The van der Waals surface area contributed by atoms with Crippen LogP contribution >= 0.6 is 0 Å². The number of carbonyl (C=O) groups is 2. The van der Waals surface area contributed by atoms with Crippen LogP contribution in [0.3, 0.4) is 0 Å². The number of hydrogen-bond donors (Lipinski definition) is 1. The first-order valence-electron chi connectivity index (χ1n) is 6.97. The predicted octanol–water partition coefficient (Wildman–Crippen LogP) is 1.56. The molecule has 0 saturated heterocycles. The lowest BCUT2D eigenvalue weighted by Gasteiger charge is -2.18. The Hall–Kier alpha value is -1.88. The monoisotopic (exact) mass is 293 g/mol. The topological polar surface area (TPSA) is 66.8 Å². The average Bonchev–Trinajstić information content (AvgIpc) is 2.44. The van der Waals surface area contributed by atoms with Gasteiger partial charge in [0.15, 0.2) is 0 Å². The molecule has 1 aromatic carbocycles. The van der Waals surface area contributed by atoms with Crippen LogP contribution in [0.5, 0.6) is 0 Å². The van der Waals surface area contributed by atoms with Crippen molar-refractivity contribution in [3.05, 3.63) is 29.3 Å². The van der Waals surface area contributed by atoms with Crippen molar-refractivity contribution >= 4 is 17.4 Å². The van der Waals surface area contributed by atoms with E-state index in [9.17, 15) is 14.7 Å². The number of aliphatic hydroxyl groups is 1. The highest BCUT2D eigenvalue weighted by atomic mass is 16.5. The molecule has 0 spiro atoms. The van der Waals surface area contributed by atoms with Gasteiger partial charge in [-0.25, -0.2) is 0 Å². The van der Waals surface area contributed by atoms with E-state index in [1.54, 1.807) is 6.92 Å². The molecule has 0 aliphatic heterocycles. The minimum absolute atomic E-state index is 0.134. The van der Waals surface area contributed by atoms with Gasteiger partial charge >= 0.3 is 5.97 Å². The zero-order chi connectivity index (χ0) is 16.0. The summed E-state index contributed by atoms with van der Waals surface area (Å²) in [6.07, 6.45) is 0.248. The van der Waals surface area contributed by atoms with Crippen LogP contribution in [0.4, 0.5) is 5.69 Å². The number of ketones is 1. The number of benzene rings is 1. The molecular weight excluding hydrogens is 270 g/mol. The van der Waals surface area contributed by atoms with E-state index in [4.69, 9.17) is 4.74 Å². The Morgan fingerprint density at radius 1 is 1.29 bits per heavy atom. The molecule has 0 saturated carbocycles. The fraction of sp³-hybridized carbons (Fsp3) is 0.500. The summed E-state index contributed by atoms with van der Waals surface area (Å²) >= 11 is 0. The third kappa shape index (κ3) is 4.56. The van der Waals surface area contributed by atoms with Crippen LogP contribution in [0.15, 0.2) is 18.2 Å². The van der Waals surface area contributed by atoms with E-state index in [-0.39, 0.29) is 25.4 Å². The van der Waals surface area contributed by atoms with Crippen molar-refractivity contribution in [3.63, 3.8) is 0 Å². The zero-order valence-corrected chi connectivity index (χ0v) is 13.0. The Morgan fingerprint density at radius 2 is 1.95 bits per heavy atom. The Bertz CT molecular complexity index is 511. The van der Waals surface area contributed by atoms with Gasteiger partial charge in [-0.15, -0.1) is 0 Å². The van der Waals surface area contributed by atoms with E-state index in [0.29, 0.717) is 0 Å². The number of Topliss-reactive ketones (excluding diaryl/α,β-unsaturated/α-hetero) is 1. The van der Waals surface area contributed by atoms with Crippen LogP contribution in [-0.4, -0.2) is 37.6 Å². The summed E-state index contributed by atoms with van der Waals surface area (Å²) in [4.78, 5) is 25.4. The van der Waals surface area contributed by atoms with E-state index < -0.39 is 11.9 Å². The highest BCUT2D eigenvalue weighted by molar-refractivity contribution is 5.98. The molecule has 0 aliphatic rings. The van der Waals surface area contributed by atoms with Gasteiger partial charge in [0, 0.05) is 19.8 Å². The first kappa shape index (κ1) is 17.2. The number of carbonyl (C=O) groups excluding carboxylic acids is 2. The number of anilines is 1. The van der Waals surface area contributed by atoms with Crippen LogP contribution in [0, 0.1) is 5.92 Å². The summed E-state index contributed by atoms with van der Waals surface area (Å²) in [5, 5.41) is 9.50. The number of ether oxygens (including phenoxy) is 1. The minimum Gasteiger partial charge on any atom is -0.465 e. The Labute approximate surface area is 125 Å². The lowest BCUT2D eigenvalue weighted by Crippen LogP contribution is -2.27. The zero-order valence-electron chi connectivity index (χ0n) is 13.0. The van der Waals surface area contributed by atoms with Crippen LogP contribution in [0.2, 0.25) is 0 Å². The van der Waals surface area contributed by atoms with Crippen LogP contribution < -0.4 is 4.90 Å². The standard InChI is InChI=1S/C16H23NO4/c1-5-21-16(20)15(11(2)19)9-12-6-7-14(17(3)4)8-13(12)10-18/h6-8,15,18H,5,9-10H2,1-4H3. The van der Waals surface area contributed by atoms with Crippen LogP contribution in [-0.2, 0) is 27.4 Å². The van der Waals surface area contributed by atoms with Crippen LogP contribution in [0.1, 0.15) is 25.0 Å². The fourth-order valence-electron chi connectivity index (χ4n) is 2.09. The molecule has 0 amide bonds. The normalized spacial score (nSPS) is 11.9. The summed E-state index contributed by atoms with van der Waals surface area (Å²) in [5.74, 6) is -1.56. The van der Waals surface area contributed by atoms with Gasteiger partial charge in [0.25, 0.3) is 0 Å². The highest BCUT2D eigenvalue weighted by Crippen LogP contribution is 2.22. The smallest absolute Gasteiger partial charge is 0.316 e. The van der Waals surface area contributed by atoms with Gasteiger partial charge in [0.05, 0.1) is 13.2 Å². The van der Waals surface area contributed by atoms with Gasteiger partial charge in [0.1, 0.15) is 11.7 Å². The molecular formula is C16H23NO4. The second kappa shape index (κ2) is 7.78. The van der Waals surface area contributed by atoms with Crippen LogP contribution in [0.25, 0.3) is 0 Å². The number of nitrogens with zero attached hydrogens (tertiary/aromatic N) is 1. The second-order valence-corrected chi connectivity index (χ2v) is 5.12. The van der Waals surface area contributed by atoms with Crippen molar-refractivity contribution in [2.24, 2.45) is 5.92 Å². The number of esters is 1. The molecule has 21 heavy (non-hydrogen) atoms. The molecule has 0 aliphatic carbocycles. The van der Waals surface area contributed by atoms with Crippen molar-refractivity contribution in [3.8, 4) is 0 Å². The molecule has 1 aromatic rings. The third-order valence-corrected chi connectivity index (χ3v) is 3.36. The summed E-state index contributed by atoms with van der Waals surface area (Å²) in [6.45, 7) is 3.20. The fourth-order valence-corrected chi connectivity index (χ4v) is 2.09. The molecule has 1 rings (SSSR count). The molecule has 1 atom stereocenters. The van der Waals surface area contributed by atoms with Gasteiger partial charge in [0.2, 0.25) is 0 Å². The van der Waals surface area contributed by atoms with Gasteiger partial charge in [-0.05, 0) is 43.5 Å². The van der Waals surface area contributed by atoms with E-state index in [1.165, 1.54) is 6.92 Å². The van der Waals surface area contributed by atoms with Crippen molar-refractivity contribution in [2.75, 3.05) is 25.6 Å². The van der Waals surface area contributed by atoms with Gasteiger partial charge in [-0.2, -0.15) is 0 Å². The summed E-state index contributed by atoms with van der Waals surface area (Å²) < 4.78 is 4.94. The van der Waals surface area contributed by atoms with E-state index in [0.717, 1.165) is 16.8 Å². The van der Waals surface area contributed by atoms with E-state index in [2.05, 4.69) is 0 Å². The molecule has 0 bridgehead atoms. The molecule has 0 aromatic heterocycles. The van der Waals surface area contributed by atoms with Gasteiger partial charge in [-0.1, -0.05) is 6.07 Å². The molecule has 1 N–H and O–H groups in total. The summed E-state index contributed by atoms with van der Waals surface area (Å²) in [7, 11) is 3.82. The molecule has 116 valence electrons. The molecule has 5 nitrogen and oxygen atoms in total. The highest BCUT2D eigenvalue weighted by Gasteiger charge is 2.26. The van der Waals surface area contributed by atoms with Gasteiger partial charge in [-0.3, -0.25) is 9.59 Å². The van der Waals surface area contributed by atoms with Crippen molar-refractivity contribution in [2.45, 2.75) is 26.9 Å². The maximum Gasteiger partial charge on any atom is 0.316 e. The van der Waals surface area contributed by atoms with E-state index >= 15 is 0 Å². The van der Waals surface area contributed by atoms with Gasteiger partial charge < -0.3 is 14.7 Å². The van der Waals surface area contributed by atoms with Crippen molar-refractivity contribution in [1.82, 2.24) is 0 Å². The third-order valence-electron chi connectivity index (χ3n) is 3.36. The Kier molecular flexibility index (Phi) is 6.37. The average molecular weight is 293 g/mol. The summed E-state index contributed by atoms with van der Waals surface area (Å²) in [6, 6.07) is 5.60. The molecule has 0 radical (unpaired) electrons. The van der Waals surface area contributed by atoms with Crippen molar-refractivity contribution in [1.29, 1.82) is 0 Å².